The maximum Gasteiger partial charge on any atom is 0.291 e. The summed E-state index contributed by atoms with van der Waals surface area (Å²) in [7, 11) is -3.61. The maximum atomic E-state index is 13.1. The fourth-order valence-electron chi connectivity index (χ4n) is 4.42. The zero-order valence-electron chi connectivity index (χ0n) is 20.8. The second-order valence-corrected chi connectivity index (χ2v) is 12.3. The highest BCUT2D eigenvalue weighted by Crippen LogP contribution is 2.36. The summed E-state index contributed by atoms with van der Waals surface area (Å²) >= 11 is 18.9. The normalized spacial score (nSPS) is 14.4. The lowest BCUT2D eigenvalue weighted by atomic mass is 10.2. The van der Waals surface area contributed by atoms with Crippen molar-refractivity contribution in [3.05, 3.63) is 99.2 Å². The predicted molar refractivity (Wildman–Crippen MR) is 156 cm³/mol. The van der Waals surface area contributed by atoms with Crippen LogP contribution in [0.15, 0.2) is 82.1 Å². The number of hydrogen-bond donors (Lipinski definition) is 1. The quantitative estimate of drug-likeness (QED) is 0.257. The summed E-state index contributed by atoms with van der Waals surface area (Å²) < 4.78 is 33.5. The van der Waals surface area contributed by atoms with Crippen LogP contribution in [0.4, 0.5) is 11.4 Å². The van der Waals surface area contributed by atoms with E-state index in [-0.39, 0.29) is 23.7 Å². The molecule has 0 radical (unpaired) electrons. The number of para-hydroxylation sites is 1. The molecule has 1 aliphatic rings. The molecule has 202 valence electrons. The van der Waals surface area contributed by atoms with Crippen molar-refractivity contribution in [1.82, 2.24) is 4.31 Å². The van der Waals surface area contributed by atoms with E-state index in [1.807, 2.05) is 11.8 Å². The number of rotatable bonds is 6. The van der Waals surface area contributed by atoms with Gasteiger partial charge in [-0.3, -0.25) is 4.79 Å². The fourth-order valence-corrected chi connectivity index (χ4v) is 6.52. The number of piperazine rings is 1. The Morgan fingerprint density at radius 3 is 2.31 bits per heavy atom. The molecule has 0 spiro atoms. The first kappa shape index (κ1) is 27.6. The minimum absolute atomic E-state index is 0.0842. The van der Waals surface area contributed by atoms with Gasteiger partial charge in [-0.05, 0) is 61.5 Å². The maximum absolute atomic E-state index is 13.1. The zero-order chi connectivity index (χ0) is 27.7. The Hall–Kier alpha value is -3.01. The van der Waals surface area contributed by atoms with E-state index in [9.17, 15) is 13.2 Å². The number of anilines is 2. The van der Waals surface area contributed by atoms with Gasteiger partial charge >= 0.3 is 0 Å². The molecule has 1 amide bonds. The van der Waals surface area contributed by atoms with Crippen molar-refractivity contribution >= 4 is 62.1 Å². The molecule has 0 bridgehead atoms. The Balaban J connectivity index is 1.32. The Labute approximate surface area is 241 Å². The number of amides is 1. The number of hydrogen-bond acceptors (Lipinski definition) is 5. The molecule has 39 heavy (non-hydrogen) atoms. The summed E-state index contributed by atoms with van der Waals surface area (Å²) in [6, 6.07) is 20.2. The molecule has 1 aliphatic heterocycles. The van der Waals surface area contributed by atoms with Gasteiger partial charge in [-0.2, -0.15) is 4.31 Å². The Morgan fingerprint density at radius 2 is 1.59 bits per heavy atom. The third-order valence-corrected chi connectivity index (χ3v) is 9.25. The molecule has 1 saturated heterocycles. The summed E-state index contributed by atoms with van der Waals surface area (Å²) in [5.41, 5.74) is 2.67. The predicted octanol–water partition coefficient (Wildman–Crippen LogP) is 6.98. The molecular formula is C28H24Cl3N3O4S. The van der Waals surface area contributed by atoms with Crippen molar-refractivity contribution in [2.75, 3.05) is 36.4 Å². The van der Waals surface area contributed by atoms with Crippen LogP contribution in [0.3, 0.4) is 0 Å². The number of carbonyl (C=O) groups is 1. The number of benzene rings is 3. The molecule has 2 heterocycles. The highest BCUT2D eigenvalue weighted by molar-refractivity contribution is 7.89. The molecule has 0 saturated carbocycles. The molecule has 0 aliphatic carbocycles. The zero-order valence-corrected chi connectivity index (χ0v) is 23.9. The van der Waals surface area contributed by atoms with Gasteiger partial charge in [0, 0.05) is 36.8 Å². The Bertz CT molecular complexity index is 1630. The van der Waals surface area contributed by atoms with Gasteiger partial charge in [0.25, 0.3) is 5.91 Å². The van der Waals surface area contributed by atoms with Gasteiger partial charge in [0.1, 0.15) is 5.76 Å². The van der Waals surface area contributed by atoms with Crippen molar-refractivity contribution in [2.24, 2.45) is 0 Å². The minimum atomic E-state index is -3.61. The smallest absolute Gasteiger partial charge is 0.291 e. The largest absolute Gasteiger partial charge is 0.451 e. The average Bonchev–Trinajstić information content (AvgIpc) is 3.41. The van der Waals surface area contributed by atoms with E-state index >= 15 is 0 Å². The van der Waals surface area contributed by atoms with Gasteiger partial charge in [0.2, 0.25) is 10.0 Å². The van der Waals surface area contributed by atoms with Gasteiger partial charge in [-0.25, -0.2) is 8.42 Å². The number of carbonyl (C=O) groups excluding carboxylic acids is 1. The first-order valence-electron chi connectivity index (χ1n) is 12.1. The third kappa shape index (κ3) is 5.81. The Morgan fingerprint density at radius 1 is 0.872 bits per heavy atom. The van der Waals surface area contributed by atoms with Crippen LogP contribution in [-0.2, 0) is 10.0 Å². The summed E-state index contributed by atoms with van der Waals surface area (Å²) in [6.45, 7) is 3.26. The molecule has 5 rings (SSSR count). The molecule has 1 aromatic heterocycles. The minimum Gasteiger partial charge on any atom is -0.451 e. The van der Waals surface area contributed by atoms with Crippen LogP contribution >= 0.6 is 34.8 Å². The molecule has 11 heteroatoms. The number of nitrogens with zero attached hydrogens (tertiary/aromatic N) is 2. The highest BCUT2D eigenvalue weighted by Gasteiger charge is 2.30. The van der Waals surface area contributed by atoms with Crippen molar-refractivity contribution in [1.29, 1.82) is 0 Å². The van der Waals surface area contributed by atoms with Crippen LogP contribution in [0.1, 0.15) is 16.1 Å². The first-order chi connectivity index (χ1) is 18.6. The number of sulfonamides is 1. The van der Waals surface area contributed by atoms with Gasteiger partial charge < -0.3 is 14.6 Å². The van der Waals surface area contributed by atoms with Crippen LogP contribution < -0.4 is 10.2 Å². The van der Waals surface area contributed by atoms with Gasteiger partial charge in [0.15, 0.2) is 5.76 Å². The molecule has 0 atom stereocenters. The molecule has 0 unspecified atom stereocenters. The molecule has 1 N–H and O–H groups in total. The third-order valence-electron chi connectivity index (χ3n) is 6.47. The average molecular weight is 605 g/mol. The van der Waals surface area contributed by atoms with Crippen LogP contribution in [0, 0.1) is 6.92 Å². The SMILES string of the molecule is Cc1ccc(S(=O)(=O)N2CCN(c3c(Cl)cccc3NC(=O)c3ccc(-c4cc(Cl)ccc4Cl)o3)CC2)cc1. The van der Waals surface area contributed by atoms with E-state index in [0.717, 1.165) is 5.56 Å². The lowest BCUT2D eigenvalue weighted by Gasteiger charge is -2.36. The van der Waals surface area contributed by atoms with E-state index in [2.05, 4.69) is 5.32 Å². The van der Waals surface area contributed by atoms with Crippen molar-refractivity contribution in [3.63, 3.8) is 0 Å². The van der Waals surface area contributed by atoms with E-state index in [1.54, 1.807) is 72.8 Å². The van der Waals surface area contributed by atoms with E-state index in [4.69, 9.17) is 39.2 Å². The number of furan rings is 1. The van der Waals surface area contributed by atoms with E-state index in [1.165, 1.54) is 4.31 Å². The van der Waals surface area contributed by atoms with Crippen molar-refractivity contribution < 1.29 is 17.6 Å². The number of nitrogens with one attached hydrogen (secondary N) is 1. The molecular weight excluding hydrogens is 581 g/mol. The monoisotopic (exact) mass is 603 g/mol. The van der Waals surface area contributed by atoms with Crippen molar-refractivity contribution in [3.8, 4) is 11.3 Å². The van der Waals surface area contributed by atoms with E-state index in [0.29, 0.717) is 50.9 Å². The summed E-state index contributed by atoms with van der Waals surface area (Å²) in [4.78, 5) is 15.3. The van der Waals surface area contributed by atoms with Crippen LogP contribution in [0.2, 0.25) is 15.1 Å². The Kier molecular flexibility index (Phi) is 7.94. The number of aryl methyl sites for hydroxylation is 1. The molecule has 4 aromatic rings. The summed E-state index contributed by atoms with van der Waals surface area (Å²) in [6.07, 6.45) is 0. The van der Waals surface area contributed by atoms with Crippen molar-refractivity contribution in [2.45, 2.75) is 11.8 Å². The summed E-state index contributed by atoms with van der Waals surface area (Å²) in [5, 5.41) is 4.26. The van der Waals surface area contributed by atoms with Crippen LogP contribution in [0.25, 0.3) is 11.3 Å². The van der Waals surface area contributed by atoms with Gasteiger partial charge in [-0.15, -0.1) is 0 Å². The lowest BCUT2D eigenvalue weighted by molar-refractivity contribution is 0.0997. The topological polar surface area (TPSA) is 82.9 Å². The van der Waals surface area contributed by atoms with E-state index < -0.39 is 15.9 Å². The first-order valence-corrected chi connectivity index (χ1v) is 14.7. The molecule has 3 aromatic carbocycles. The highest BCUT2D eigenvalue weighted by atomic mass is 35.5. The summed E-state index contributed by atoms with van der Waals surface area (Å²) in [5.74, 6) is 0.0226. The molecule has 1 fully saturated rings. The second-order valence-electron chi connectivity index (χ2n) is 9.08. The van der Waals surface area contributed by atoms with Crippen LogP contribution in [-0.4, -0.2) is 44.8 Å². The number of halogens is 3. The lowest BCUT2D eigenvalue weighted by Crippen LogP contribution is -2.49. The standard InChI is InChI=1S/C28H24Cl3N3O4S/c1-18-5-8-20(9-6-18)39(36,37)34-15-13-33(14-16-34)27-23(31)3-2-4-24(27)32-28(35)26-12-11-25(38-26)21-17-19(29)7-10-22(21)30/h2-12,17H,13-16H2,1H3,(H,32,35). The van der Waals surface area contributed by atoms with Gasteiger partial charge in [0.05, 0.1) is 26.3 Å². The molecule has 7 nitrogen and oxygen atoms in total. The van der Waals surface area contributed by atoms with Gasteiger partial charge in [-0.1, -0.05) is 58.6 Å². The van der Waals surface area contributed by atoms with Crippen LogP contribution in [0.5, 0.6) is 0 Å². The fraction of sp³-hybridized carbons (Fsp3) is 0.179. The second kappa shape index (κ2) is 11.2.